The van der Waals surface area contributed by atoms with E-state index in [1.165, 1.54) is 22.3 Å². The van der Waals surface area contributed by atoms with Gasteiger partial charge in [-0.05, 0) is 121 Å². The molecule has 0 unspecified atom stereocenters. The molecule has 7 rings (SSSR count). The summed E-state index contributed by atoms with van der Waals surface area (Å²) in [5.41, 5.74) is 8.63. The molecule has 1 fully saturated rings. The van der Waals surface area contributed by atoms with Gasteiger partial charge in [0.25, 0.3) is 5.91 Å². The van der Waals surface area contributed by atoms with Crippen LogP contribution in [0.3, 0.4) is 0 Å². The number of hydrogen-bond donors (Lipinski definition) is 6. The molecule has 0 spiro atoms. The van der Waals surface area contributed by atoms with Gasteiger partial charge in [0.2, 0.25) is 17.7 Å². The van der Waals surface area contributed by atoms with E-state index in [1.807, 2.05) is 88.7 Å². The molecule has 4 aromatic carbocycles. The number of aliphatic hydroxyl groups is 1. The SMILES string of the molecule is Cc1ncsc1-c1ccc([C@H](C)NC(=O)[C@@H]2C[C@@H](O)CN2C(=O)[C@@H](NC(=O)CCCCCCOc2ccc(/C=N/NC(=O)c3c(-c4ccc(O)cc4)sc4cc(O)ccc34)cc2)C(C)(C)C)cc1. The highest BCUT2D eigenvalue weighted by Gasteiger charge is 2.44. The number of rotatable bonds is 18. The molecule has 0 aliphatic carbocycles. The second kappa shape index (κ2) is 22.0. The lowest BCUT2D eigenvalue weighted by Crippen LogP contribution is -2.57. The molecule has 68 heavy (non-hydrogen) atoms. The minimum absolute atomic E-state index is 0.00450. The van der Waals surface area contributed by atoms with Crippen molar-refractivity contribution in [2.24, 2.45) is 10.5 Å². The number of fused-ring (bicyclic) bond motifs is 1. The van der Waals surface area contributed by atoms with Gasteiger partial charge in [-0.25, -0.2) is 10.4 Å². The third-order valence-corrected chi connectivity index (χ3v) is 14.1. The van der Waals surface area contributed by atoms with Crippen LogP contribution in [0.25, 0.3) is 31.0 Å². The highest BCUT2D eigenvalue weighted by molar-refractivity contribution is 7.22. The molecular weight excluding hydrogens is 901 g/mol. The van der Waals surface area contributed by atoms with Crippen LogP contribution in [0, 0.1) is 12.3 Å². The van der Waals surface area contributed by atoms with Gasteiger partial charge in [-0.15, -0.1) is 22.7 Å². The topological polar surface area (TPSA) is 203 Å². The number of hydrogen-bond acceptors (Lipinski definition) is 12. The molecule has 3 heterocycles. The van der Waals surface area contributed by atoms with Gasteiger partial charge < -0.3 is 35.6 Å². The smallest absolute Gasteiger partial charge is 0.273 e. The summed E-state index contributed by atoms with van der Waals surface area (Å²) in [5, 5.41) is 41.3. The van der Waals surface area contributed by atoms with E-state index in [-0.39, 0.29) is 48.7 Å². The zero-order chi connectivity index (χ0) is 48.5. The Morgan fingerprint density at radius 2 is 1.56 bits per heavy atom. The molecule has 1 aliphatic rings. The number of unbranched alkanes of at least 4 members (excludes halogenated alkanes) is 3. The number of phenolic OH excluding ortho intramolecular Hbond substituents is 2. The van der Waals surface area contributed by atoms with Gasteiger partial charge in [-0.1, -0.05) is 57.9 Å². The molecule has 1 aliphatic heterocycles. The molecule has 4 amide bonds. The Hall–Kier alpha value is -6.62. The van der Waals surface area contributed by atoms with Crippen molar-refractivity contribution >= 4 is 62.6 Å². The zero-order valence-electron chi connectivity index (χ0n) is 38.8. The number of aromatic hydroxyl groups is 2. The number of aromatic nitrogens is 1. The molecule has 4 atom stereocenters. The third-order valence-electron chi connectivity index (χ3n) is 11.9. The van der Waals surface area contributed by atoms with Gasteiger partial charge in [-0.3, -0.25) is 19.2 Å². The van der Waals surface area contributed by atoms with Gasteiger partial charge >= 0.3 is 0 Å². The number of carbonyl (C=O) groups excluding carboxylic acids is 4. The van der Waals surface area contributed by atoms with Crippen LogP contribution in [0.2, 0.25) is 0 Å². The normalized spacial score (nSPS) is 15.9. The molecule has 356 valence electrons. The maximum Gasteiger partial charge on any atom is 0.273 e. The fraction of sp³-hybridized carbons (Fsp3) is 0.346. The predicted molar refractivity (Wildman–Crippen MR) is 267 cm³/mol. The van der Waals surface area contributed by atoms with Crippen molar-refractivity contribution in [1.82, 2.24) is 25.9 Å². The Morgan fingerprint density at radius 3 is 2.25 bits per heavy atom. The van der Waals surface area contributed by atoms with Crippen molar-refractivity contribution in [2.75, 3.05) is 13.2 Å². The summed E-state index contributed by atoms with van der Waals surface area (Å²) in [6, 6.07) is 24.6. The summed E-state index contributed by atoms with van der Waals surface area (Å²) in [5.74, 6) is -0.504. The number of thiophene rings is 1. The van der Waals surface area contributed by atoms with Gasteiger partial charge in [0, 0.05) is 34.3 Å². The molecule has 1 saturated heterocycles. The summed E-state index contributed by atoms with van der Waals surface area (Å²) in [4.78, 5) is 61.9. The molecular formula is C52H58N6O8S2. The van der Waals surface area contributed by atoms with E-state index in [9.17, 15) is 34.5 Å². The molecule has 0 radical (unpaired) electrons. The number of thiazole rings is 1. The van der Waals surface area contributed by atoms with Crippen molar-refractivity contribution in [3.05, 3.63) is 119 Å². The lowest BCUT2D eigenvalue weighted by Gasteiger charge is -2.35. The van der Waals surface area contributed by atoms with E-state index in [0.717, 1.165) is 56.8 Å². The number of benzene rings is 4. The van der Waals surface area contributed by atoms with Gasteiger partial charge in [0.15, 0.2) is 0 Å². The lowest BCUT2D eigenvalue weighted by molar-refractivity contribution is -0.144. The first-order chi connectivity index (χ1) is 32.5. The Balaban J connectivity index is 0.826. The number of amides is 4. The Bertz CT molecular complexity index is 2750. The second-order valence-electron chi connectivity index (χ2n) is 18.2. The van der Waals surface area contributed by atoms with Crippen LogP contribution in [-0.2, 0) is 14.4 Å². The van der Waals surface area contributed by atoms with Gasteiger partial charge in [0.1, 0.15) is 29.3 Å². The van der Waals surface area contributed by atoms with Crippen molar-refractivity contribution in [3.8, 4) is 38.1 Å². The largest absolute Gasteiger partial charge is 0.508 e. The van der Waals surface area contributed by atoms with Crippen molar-refractivity contribution < 1.29 is 39.2 Å². The highest BCUT2D eigenvalue weighted by Crippen LogP contribution is 2.40. The average Bonchev–Trinajstić information content (AvgIpc) is 4.04. The Kier molecular flexibility index (Phi) is 15.9. The van der Waals surface area contributed by atoms with Crippen molar-refractivity contribution in [3.63, 3.8) is 0 Å². The number of aliphatic hydroxyl groups excluding tert-OH is 1. The summed E-state index contributed by atoms with van der Waals surface area (Å²) in [7, 11) is 0. The number of ether oxygens (including phenoxy) is 1. The molecule has 0 bridgehead atoms. The number of nitrogens with zero attached hydrogens (tertiary/aromatic N) is 3. The number of β-amino-alcohol motifs (C(OH)–C–C–N with tert-alkyl or cyclic N) is 1. The first kappa shape index (κ1) is 49.3. The van der Waals surface area contributed by atoms with Crippen LogP contribution in [0.1, 0.15) is 99.4 Å². The summed E-state index contributed by atoms with van der Waals surface area (Å²) in [6.07, 6.45) is 4.06. The van der Waals surface area contributed by atoms with Crippen molar-refractivity contribution in [2.45, 2.75) is 97.4 Å². The van der Waals surface area contributed by atoms with E-state index in [4.69, 9.17) is 4.74 Å². The summed E-state index contributed by atoms with van der Waals surface area (Å²) in [6.45, 7) is 9.96. The molecule has 6 N–H and O–H groups in total. The van der Waals surface area contributed by atoms with Crippen LogP contribution in [-0.4, -0.2) is 86.4 Å². The fourth-order valence-electron chi connectivity index (χ4n) is 8.18. The number of phenols is 2. The Labute approximate surface area is 404 Å². The maximum atomic E-state index is 14.1. The molecule has 16 heteroatoms. The minimum Gasteiger partial charge on any atom is -0.508 e. The zero-order valence-corrected chi connectivity index (χ0v) is 40.5. The second-order valence-corrected chi connectivity index (χ2v) is 20.1. The first-order valence-corrected chi connectivity index (χ1v) is 24.4. The van der Waals surface area contributed by atoms with Crippen LogP contribution in [0.4, 0.5) is 0 Å². The number of nitrogens with one attached hydrogen (secondary N) is 3. The standard InChI is InChI=1S/C52H58N6O8S2/c1-31(34-13-15-35(16-14-34)46-32(2)53-30-67-46)55-49(63)42-26-39(61)29-58(42)51(65)48(52(3,4)5)56-44(62)10-8-6-7-9-25-66-40-22-11-33(12-23-40)28-54-57-50(64)45-41-24-21-38(60)27-43(41)68-47(45)36-17-19-37(59)20-18-36/h11-24,27-28,30-31,39,42,48,59-61H,6-10,25-26,29H2,1-5H3,(H,55,63)(H,56,62)(H,57,64)/b54-28+/t31-,39+,42-,48+/m0/s1. The predicted octanol–water partition coefficient (Wildman–Crippen LogP) is 8.87. The van der Waals surface area contributed by atoms with Crippen molar-refractivity contribution in [1.29, 1.82) is 0 Å². The van der Waals surface area contributed by atoms with E-state index < -0.39 is 35.4 Å². The number of hydrazone groups is 1. The summed E-state index contributed by atoms with van der Waals surface area (Å²) < 4.78 is 6.68. The molecule has 2 aromatic heterocycles. The first-order valence-electron chi connectivity index (χ1n) is 22.8. The molecule has 0 saturated carbocycles. The monoisotopic (exact) mass is 958 g/mol. The van der Waals surface area contributed by atoms with Gasteiger partial charge in [-0.2, -0.15) is 5.10 Å². The number of aryl methyl sites for hydroxylation is 1. The van der Waals surface area contributed by atoms with E-state index in [1.54, 1.807) is 53.9 Å². The van der Waals surface area contributed by atoms with Crippen LogP contribution in [0.5, 0.6) is 17.2 Å². The summed E-state index contributed by atoms with van der Waals surface area (Å²) >= 11 is 2.94. The van der Waals surface area contributed by atoms with Gasteiger partial charge in [0.05, 0.1) is 46.6 Å². The quantitative estimate of drug-likeness (QED) is 0.0276. The number of carbonyl (C=O) groups is 4. The third kappa shape index (κ3) is 12.3. The minimum atomic E-state index is -0.893. The molecule has 6 aromatic rings. The lowest BCUT2D eigenvalue weighted by atomic mass is 9.85. The average molecular weight is 959 g/mol. The highest BCUT2D eigenvalue weighted by atomic mass is 32.1. The Morgan fingerprint density at radius 1 is 0.882 bits per heavy atom. The maximum absolute atomic E-state index is 14.1. The van der Waals surface area contributed by atoms with E-state index >= 15 is 0 Å². The fourth-order valence-corrected chi connectivity index (χ4v) is 10.2. The molecule has 14 nitrogen and oxygen atoms in total. The van der Waals surface area contributed by atoms with Crippen LogP contribution >= 0.6 is 22.7 Å². The van der Waals surface area contributed by atoms with E-state index in [2.05, 4.69) is 26.1 Å². The van der Waals surface area contributed by atoms with E-state index in [0.29, 0.717) is 34.6 Å². The van der Waals surface area contributed by atoms with Crippen LogP contribution in [0.15, 0.2) is 102 Å². The van der Waals surface area contributed by atoms with Crippen LogP contribution < -0.4 is 20.8 Å². The number of likely N-dealkylation sites (tertiary alicyclic amines) is 1.